The second-order valence-corrected chi connectivity index (χ2v) is 7.55. The van der Waals surface area contributed by atoms with Gasteiger partial charge in [-0.25, -0.2) is 4.79 Å². The van der Waals surface area contributed by atoms with Crippen LogP contribution in [-0.2, 0) is 22.6 Å². The Balaban J connectivity index is 1.70. The summed E-state index contributed by atoms with van der Waals surface area (Å²) in [6.07, 6.45) is 0.327. The van der Waals surface area contributed by atoms with Crippen molar-refractivity contribution >= 4 is 17.6 Å². The highest BCUT2D eigenvalue weighted by Crippen LogP contribution is 2.29. The minimum absolute atomic E-state index is 0.284. The molecule has 3 aromatic carbocycles. The Morgan fingerprint density at radius 3 is 2.41 bits per heavy atom. The number of hydrogen-bond donors (Lipinski definition) is 0. The number of aryl methyl sites for hydroxylation is 1. The normalized spacial score (nSPS) is 11.5. The smallest absolute Gasteiger partial charge is 0.347 e. The molecule has 1 atom stereocenters. The molecule has 1 unspecified atom stereocenters. The number of rotatable bonds is 11. The van der Waals surface area contributed by atoms with Crippen LogP contribution in [0.3, 0.4) is 0 Å². The van der Waals surface area contributed by atoms with Crippen molar-refractivity contribution in [2.75, 3.05) is 13.7 Å². The van der Waals surface area contributed by atoms with E-state index in [1.54, 1.807) is 20.1 Å². The molecule has 0 spiro atoms. The zero-order valence-electron chi connectivity index (χ0n) is 18.3. The van der Waals surface area contributed by atoms with Crippen molar-refractivity contribution in [3.63, 3.8) is 0 Å². The minimum atomic E-state index is -0.763. The van der Waals surface area contributed by atoms with E-state index in [-0.39, 0.29) is 6.61 Å². The third-order valence-electron chi connectivity index (χ3n) is 4.80. The lowest BCUT2D eigenvalue weighted by Crippen LogP contribution is -2.30. The molecule has 0 N–H and O–H groups in total. The molecule has 0 radical (unpaired) electrons. The van der Waals surface area contributed by atoms with E-state index in [1.165, 1.54) is 0 Å². The molecule has 3 aromatic rings. The first-order valence-electron chi connectivity index (χ1n) is 10.5. The summed E-state index contributed by atoms with van der Waals surface area (Å²) >= 11 is 5.95. The second-order valence-electron chi connectivity index (χ2n) is 7.11. The molecular formula is C26H27ClO5. The number of para-hydroxylation sites is 2. The van der Waals surface area contributed by atoms with Crippen molar-refractivity contribution in [2.24, 2.45) is 0 Å². The lowest BCUT2D eigenvalue weighted by Gasteiger charge is -2.20. The largest absolute Gasteiger partial charge is 0.497 e. The summed E-state index contributed by atoms with van der Waals surface area (Å²) in [6.45, 7) is 2.41. The standard InChI is InChI=1S/C26H27ClO5/c1-3-30-26(28)25(16-13-19-7-6-8-22(17-19)29-2)32-24-10-5-4-9-23(24)31-18-20-11-14-21(27)15-12-20/h4-12,14-15,17,25H,3,13,16,18H2,1-2H3. The number of methoxy groups -OCH3 is 1. The maximum Gasteiger partial charge on any atom is 0.347 e. The van der Waals surface area contributed by atoms with E-state index in [1.807, 2.05) is 66.7 Å². The molecule has 5 nitrogen and oxygen atoms in total. The Labute approximate surface area is 193 Å². The van der Waals surface area contributed by atoms with Crippen LogP contribution >= 0.6 is 11.6 Å². The fraction of sp³-hybridized carbons (Fsp3) is 0.269. The van der Waals surface area contributed by atoms with Crippen molar-refractivity contribution in [1.82, 2.24) is 0 Å². The Morgan fingerprint density at radius 2 is 1.69 bits per heavy atom. The van der Waals surface area contributed by atoms with Crippen LogP contribution in [0.5, 0.6) is 17.2 Å². The van der Waals surface area contributed by atoms with E-state index in [0.29, 0.717) is 36.0 Å². The fourth-order valence-corrected chi connectivity index (χ4v) is 3.27. The first kappa shape index (κ1) is 23.5. The lowest BCUT2D eigenvalue weighted by atomic mass is 10.1. The SMILES string of the molecule is CCOC(=O)C(CCc1cccc(OC)c1)Oc1ccccc1OCc1ccc(Cl)cc1. The molecule has 0 aromatic heterocycles. The summed E-state index contributed by atoms with van der Waals surface area (Å²) in [5.74, 6) is 1.42. The van der Waals surface area contributed by atoms with Crippen molar-refractivity contribution in [2.45, 2.75) is 32.5 Å². The number of carbonyl (C=O) groups excluding carboxylic acids is 1. The maximum absolute atomic E-state index is 12.6. The van der Waals surface area contributed by atoms with Gasteiger partial charge in [-0.3, -0.25) is 0 Å². The number of esters is 1. The third kappa shape index (κ3) is 6.92. The fourth-order valence-electron chi connectivity index (χ4n) is 3.15. The predicted octanol–water partition coefficient (Wildman–Crippen LogP) is 5.87. The Kier molecular flexibility index (Phi) is 8.81. The van der Waals surface area contributed by atoms with Crippen molar-refractivity contribution in [3.8, 4) is 17.2 Å². The lowest BCUT2D eigenvalue weighted by molar-refractivity contribution is -0.151. The van der Waals surface area contributed by atoms with Crippen LogP contribution in [0.4, 0.5) is 0 Å². The first-order valence-corrected chi connectivity index (χ1v) is 10.9. The third-order valence-corrected chi connectivity index (χ3v) is 5.06. The number of ether oxygens (including phenoxy) is 4. The van der Waals surface area contributed by atoms with Crippen molar-refractivity contribution in [1.29, 1.82) is 0 Å². The van der Waals surface area contributed by atoms with Gasteiger partial charge in [-0.05, 0) is 67.3 Å². The van der Waals surface area contributed by atoms with Crippen LogP contribution < -0.4 is 14.2 Å². The molecule has 3 rings (SSSR count). The highest BCUT2D eigenvalue weighted by molar-refractivity contribution is 6.30. The first-order chi connectivity index (χ1) is 15.6. The summed E-state index contributed by atoms with van der Waals surface area (Å²) < 4.78 is 22.6. The van der Waals surface area contributed by atoms with E-state index in [2.05, 4.69) is 0 Å². The Hall–Kier alpha value is -3.18. The summed E-state index contributed by atoms with van der Waals surface area (Å²) in [4.78, 5) is 12.6. The molecule has 0 fully saturated rings. The maximum atomic E-state index is 12.6. The van der Waals surface area contributed by atoms with E-state index in [4.69, 9.17) is 30.5 Å². The van der Waals surface area contributed by atoms with E-state index >= 15 is 0 Å². The number of carbonyl (C=O) groups is 1. The van der Waals surface area contributed by atoms with Gasteiger partial charge in [0, 0.05) is 5.02 Å². The van der Waals surface area contributed by atoms with Gasteiger partial charge >= 0.3 is 5.97 Å². The van der Waals surface area contributed by atoms with Gasteiger partial charge in [0.25, 0.3) is 0 Å². The van der Waals surface area contributed by atoms with Gasteiger partial charge < -0.3 is 18.9 Å². The highest BCUT2D eigenvalue weighted by atomic mass is 35.5. The number of hydrogen-bond acceptors (Lipinski definition) is 5. The molecule has 0 saturated heterocycles. The minimum Gasteiger partial charge on any atom is -0.497 e. The van der Waals surface area contributed by atoms with E-state index in [0.717, 1.165) is 16.9 Å². The molecule has 0 heterocycles. The molecule has 6 heteroatoms. The number of benzene rings is 3. The van der Waals surface area contributed by atoms with Gasteiger partial charge in [0.1, 0.15) is 12.4 Å². The monoisotopic (exact) mass is 454 g/mol. The Bertz CT molecular complexity index is 1000. The molecule has 0 bridgehead atoms. The van der Waals surface area contributed by atoms with Crippen LogP contribution in [-0.4, -0.2) is 25.8 Å². The van der Waals surface area contributed by atoms with Crippen molar-refractivity contribution in [3.05, 3.63) is 88.9 Å². The van der Waals surface area contributed by atoms with Gasteiger partial charge in [0.2, 0.25) is 0 Å². The molecule has 168 valence electrons. The van der Waals surface area contributed by atoms with Gasteiger partial charge in [-0.15, -0.1) is 0 Å². The average molecular weight is 455 g/mol. The van der Waals surface area contributed by atoms with Gasteiger partial charge in [0.15, 0.2) is 17.6 Å². The highest BCUT2D eigenvalue weighted by Gasteiger charge is 2.23. The van der Waals surface area contributed by atoms with Crippen LogP contribution in [0.15, 0.2) is 72.8 Å². The van der Waals surface area contributed by atoms with Crippen LogP contribution in [0.1, 0.15) is 24.5 Å². The van der Waals surface area contributed by atoms with Gasteiger partial charge in [0.05, 0.1) is 13.7 Å². The zero-order chi connectivity index (χ0) is 22.8. The molecule has 0 saturated carbocycles. The van der Waals surface area contributed by atoms with Crippen molar-refractivity contribution < 1.29 is 23.7 Å². The molecule has 0 aliphatic carbocycles. The summed E-state index contributed by atoms with van der Waals surface area (Å²) in [5, 5.41) is 0.672. The summed E-state index contributed by atoms with van der Waals surface area (Å²) in [7, 11) is 1.63. The zero-order valence-corrected chi connectivity index (χ0v) is 19.0. The predicted molar refractivity (Wildman–Crippen MR) is 125 cm³/mol. The molecule has 0 amide bonds. The molecule has 0 aliphatic rings. The topological polar surface area (TPSA) is 54.0 Å². The molecule has 32 heavy (non-hydrogen) atoms. The number of halogens is 1. The Morgan fingerprint density at radius 1 is 0.938 bits per heavy atom. The summed E-state index contributed by atoms with van der Waals surface area (Å²) in [6, 6.07) is 22.5. The van der Waals surface area contributed by atoms with E-state index in [9.17, 15) is 4.79 Å². The quantitative estimate of drug-likeness (QED) is 0.339. The van der Waals surface area contributed by atoms with Crippen LogP contribution in [0.2, 0.25) is 5.02 Å². The summed E-state index contributed by atoms with van der Waals surface area (Å²) in [5.41, 5.74) is 2.03. The van der Waals surface area contributed by atoms with Gasteiger partial charge in [-0.1, -0.05) is 48.0 Å². The van der Waals surface area contributed by atoms with Crippen LogP contribution in [0, 0.1) is 0 Å². The molecular weight excluding hydrogens is 428 g/mol. The average Bonchev–Trinajstić information content (AvgIpc) is 2.82. The van der Waals surface area contributed by atoms with Gasteiger partial charge in [-0.2, -0.15) is 0 Å². The van der Waals surface area contributed by atoms with E-state index < -0.39 is 12.1 Å². The molecule has 0 aliphatic heterocycles. The second kappa shape index (κ2) is 12.0. The van der Waals surface area contributed by atoms with Crippen LogP contribution in [0.25, 0.3) is 0 Å².